The van der Waals surface area contributed by atoms with Crippen LogP contribution < -0.4 is 10.5 Å². The van der Waals surface area contributed by atoms with Crippen LogP contribution in [-0.2, 0) is 19.6 Å². The molecule has 0 spiro atoms. The lowest BCUT2D eigenvalue weighted by molar-refractivity contribution is 0.291. The minimum absolute atomic E-state index is 0.363. The van der Waals surface area contributed by atoms with Gasteiger partial charge in [-0.25, -0.2) is 0 Å². The van der Waals surface area contributed by atoms with Crippen LogP contribution in [0.3, 0.4) is 0 Å². The topological polar surface area (TPSA) is 53.1 Å². The Morgan fingerprint density at radius 2 is 2.15 bits per heavy atom. The van der Waals surface area contributed by atoms with Gasteiger partial charge in [-0.3, -0.25) is 4.68 Å². The second kappa shape index (κ2) is 6.50. The molecule has 20 heavy (non-hydrogen) atoms. The number of rotatable bonds is 5. The summed E-state index contributed by atoms with van der Waals surface area (Å²) in [5, 5.41) is 5.16. The highest BCUT2D eigenvalue weighted by molar-refractivity contribution is 9.10. The highest BCUT2D eigenvalue weighted by Crippen LogP contribution is 2.31. The number of benzene rings is 1. The van der Waals surface area contributed by atoms with Crippen molar-refractivity contribution < 1.29 is 4.74 Å². The zero-order valence-electron chi connectivity index (χ0n) is 11.5. The van der Waals surface area contributed by atoms with E-state index in [1.807, 2.05) is 36.7 Å². The number of hydrogen-bond donors (Lipinski definition) is 1. The largest absolute Gasteiger partial charge is 0.486 e. The second-order valence-electron chi connectivity index (χ2n) is 4.32. The lowest BCUT2D eigenvalue weighted by atomic mass is 10.3. The van der Waals surface area contributed by atoms with Crippen molar-refractivity contribution in [1.82, 2.24) is 9.78 Å². The van der Waals surface area contributed by atoms with Crippen molar-refractivity contribution in [3.63, 3.8) is 0 Å². The molecule has 2 N–H and O–H groups in total. The maximum absolute atomic E-state index is 6.35. The van der Waals surface area contributed by atoms with Crippen LogP contribution in [0, 0.1) is 0 Å². The second-order valence-corrected chi connectivity index (χ2v) is 5.50. The number of nitrogens with two attached hydrogens (primary N) is 1. The van der Waals surface area contributed by atoms with Crippen molar-refractivity contribution in [1.29, 1.82) is 0 Å². The average Bonchev–Trinajstić information content (AvgIpc) is 2.76. The first kappa shape index (κ1) is 15.2. The van der Waals surface area contributed by atoms with Crippen LogP contribution in [0.4, 0.5) is 5.69 Å². The van der Waals surface area contributed by atoms with E-state index >= 15 is 0 Å². The molecule has 0 atom stereocenters. The Balaban J connectivity index is 2.22. The van der Waals surface area contributed by atoms with Crippen LogP contribution in [0.2, 0.25) is 5.02 Å². The number of ether oxygens (including phenoxy) is 1. The number of nitrogen functional groups attached to an aromatic ring is 1. The van der Waals surface area contributed by atoms with Gasteiger partial charge < -0.3 is 10.5 Å². The van der Waals surface area contributed by atoms with Crippen LogP contribution in [0.25, 0.3) is 0 Å². The van der Waals surface area contributed by atoms with Crippen LogP contribution in [0.1, 0.15) is 25.2 Å². The van der Waals surface area contributed by atoms with Gasteiger partial charge in [0.15, 0.2) is 0 Å². The van der Waals surface area contributed by atoms with Crippen LogP contribution in [0.15, 0.2) is 22.7 Å². The van der Waals surface area contributed by atoms with Gasteiger partial charge in [-0.05, 0) is 41.4 Å². The Morgan fingerprint density at radius 1 is 1.40 bits per heavy atom. The SMILES string of the molecule is CCc1nn(CC)c(COc2cccc(N)c2Br)c1Cl. The molecule has 4 nitrogen and oxygen atoms in total. The molecule has 6 heteroatoms. The summed E-state index contributed by atoms with van der Waals surface area (Å²) in [6.07, 6.45) is 0.806. The number of aryl methyl sites for hydroxylation is 2. The van der Waals surface area contributed by atoms with E-state index in [4.69, 9.17) is 22.1 Å². The smallest absolute Gasteiger partial charge is 0.136 e. The molecule has 0 bridgehead atoms. The van der Waals surface area contributed by atoms with Crippen molar-refractivity contribution in [3.8, 4) is 5.75 Å². The summed E-state index contributed by atoms with van der Waals surface area (Å²) in [6, 6.07) is 5.53. The van der Waals surface area contributed by atoms with Crippen LogP contribution >= 0.6 is 27.5 Å². The van der Waals surface area contributed by atoms with Gasteiger partial charge in [0, 0.05) is 12.2 Å². The minimum atomic E-state index is 0.363. The van der Waals surface area contributed by atoms with Crippen molar-refractivity contribution >= 4 is 33.2 Å². The van der Waals surface area contributed by atoms with Gasteiger partial charge in [-0.15, -0.1) is 0 Å². The first-order valence-corrected chi connectivity index (χ1v) is 7.66. The van der Waals surface area contributed by atoms with Crippen molar-refractivity contribution in [2.45, 2.75) is 33.4 Å². The van der Waals surface area contributed by atoms with E-state index in [-0.39, 0.29) is 0 Å². The fourth-order valence-corrected chi connectivity index (χ4v) is 2.64. The Kier molecular flexibility index (Phi) is 4.94. The summed E-state index contributed by atoms with van der Waals surface area (Å²) in [5.41, 5.74) is 8.27. The minimum Gasteiger partial charge on any atom is -0.486 e. The number of halogens is 2. The van der Waals surface area contributed by atoms with Crippen molar-refractivity contribution in [2.75, 3.05) is 5.73 Å². The molecule has 2 aromatic rings. The van der Waals surface area contributed by atoms with Crippen molar-refractivity contribution in [3.05, 3.63) is 39.1 Å². The Labute approximate surface area is 132 Å². The van der Waals surface area contributed by atoms with Crippen LogP contribution in [0.5, 0.6) is 5.75 Å². The molecule has 1 aromatic carbocycles. The Hall–Kier alpha value is -1.20. The molecule has 1 aromatic heterocycles. The fourth-order valence-electron chi connectivity index (χ4n) is 1.94. The van der Waals surface area contributed by atoms with Gasteiger partial charge in [-0.1, -0.05) is 24.6 Å². The van der Waals surface area contributed by atoms with E-state index in [1.165, 1.54) is 0 Å². The normalized spacial score (nSPS) is 10.8. The molecule has 0 fully saturated rings. The number of nitrogens with zero attached hydrogens (tertiary/aromatic N) is 2. The van der Waals surface area contributed by atoms with E-state index in [9.17, 15) is 0 Å². The molecule has 0 aliphatic rings. The fraction of sp³-hybridized carbons (Fsp3) is 0.357. The summed E-state index contributed by atoms with van der Waals surface area (Å²) < 4.78 is 8.45. The highest BCUT2D eigenvalue weighted by atomic mass is 79.9. The molecule has 0 amide bonds. The number of anilines is 1. The van der Waals surface area contributed by atoms with E-state index in [0.29, 0.717) is 23.1 Å². The summed E-state index contributed by atoms with van der Waals surface area (Å²) >= 11 is 9.77. The van der Waals surface area contributed by atoms with Crippen LogP contribution in [-0.4, -0.2) is 9.78 Å². The third-order valence-corrected chi connectivity index (χ3v) is 4.34. The lowest BCUT2D eigenvalue weighted by Crippen LogP contribution is -2.07. The predicted molar refractivity (Wildman–Crippen MR) is 85.2 cm³/mol. The van der Waals surface area contributed by atoms with E-state index in [2.05, 4.69) is 21.0 Å². The van der Waals surface area contributed by atoms with Crippen molar-refractivity contribution in [2.24, 2.45) is 0 Å². The summed E-state index contributed by atoms with van der Waals surface area (Å²) in [7, 11) is 0. The van der Waals surface area contributed by atoms with E-state index in [1.54, 1.807) is 0 Å². The molecule has 0 saturated heterocycles. The van der Waals surface area contributed by atoms with Gasteiger partial charge in [0.2, 0.25) is 0 Å². The molecule has 0 saturated carbocycles. The first-order valence-electron chi connectivity index (χ1n) is 6.49. The molecule has 1 heterocycles. The first-order chi connectivity index (χ1) is 9.58. The number of hydrogen-bond acceptors (Lipinski definition) is 3. The van der Waals surface area contributed by atoms with Gasteiger partial charge in [0.1, 0.15) is 12.4 Å². The Bertz CT molecular complexity index is 613. The zero-order valence-corrected chi connectivity index (χ0v) is 13.8. The third-order valence-electron chi connectivity index (χ3n) is 3.05. The summed E-state index contributed by atoms with van der Waals surface area (Å²) in [5.74, 6) is 0.697. The molecular formula is C14H17BrClN3O. The summed E-state index contributed by atoms with van der Waals surface area (Å²) in [4.78, 5) is 0. The van der Waals surface area contributed by atoms with Gasteiger partial charge in [0.25, 0.3) is 0 Å². The molecule has 2 rings (SSSR count). The molecule has 108 valence electrons. The molecular weight excluding hydrogens is 342 g/mol. The molecule has 0 radical (unpaired) electrons. The zero-order chi connectivity index (χ0) is 14.7. The molecule has 0 aliphatic carbocycles. The standard InChI is InChI=1S/C14H17BrClN3O/c1-3-10-14(16)11(19(4-2)18-10)8-20-12-7-5-6-9(17)13(12)15/h5-7H,3-4,8,17H2,1-2H3. The maximum atomic E-state index is 6.35. The van der Waals surface area contributed by atoms with E-state index < -0.39 is 0 Å². The van der Waals surface area contributed by atoms with Gasteiger partial charge in [-0.2, -0.15) is 5.10 Å². The Morgan fingerprint density at radius 3 is 2.80 bits per heavy atom. The highest BCUT2D eigenvalue weighted by Gasteiger charge is 2.15. The van der Waals surface area contributed by atoms with Gasteiger partial charge >= 0.3 is 0 Å². The lowest BCUT2D eigenvalue weighted by Gasteiger charge is -2.11. The molecule has 0 aliphatic heterocycles. The quantitative estimate of drug-likeness (QED) is 0.821. The predicted octanol–water partition coefficient (Wildman–Crippen LogP) is 4.04. The average molecular weight is 359 g/mol. The van der Waals surface area contributed by atoms with Gasteiger partial charge in [0.05, 0.1) is 20.9 Å². The monoisotopic (exact) mass is 357 g/mol. The number of aromatic nitrogens is 2. The summed E-state index contributed by atoms with van der Waals surface area (Å²) in [6.45, 7) is 5.19. The molecule has 0 unspecified atom stereocenters. The maximum Gasteiger partial charge on any atom is 0.136 e. The van der Waals surface area contributed by atoms with E-state index in [0.717, 1.165) is 28.8 Å². The third kappa shape index (κ3) is 2.94.